The number of nitrogens with zero attached hydrogens (tertiary/aromatic N) is 1. The maximum atomic E-state index is 8.72. The van der Waals surface area contributed by atoms with Crippen LogP contribution in [0, 0.1) is 6.92 Å². The molecule has 0 bridgehead atoms. The van der Waals surface area contributed by atoms with E-state index in [0.29, 0.717) is 5.56 Å². The summed E-state index contributed by atoms with van der Waals surface area (Å²) in [5, 5.41) is 11.7. The largest absolute Gasteiger partial charge is 0.457 e. The first kappa shape index (κ1) is 14.9. The molecule has 110 valence electrons. The Bertz CT molecular complexity index is 634. The number of oxime groups is 1. The SMILES string of the molecule is CCCc1ccc(Oc2ccc(/C(N)=N/O)c(C)c2)cc1. The molecule has 0 fully saturated rings. The lowest BCUT2D eigenvalue weighted by molar-refractivity contribution is 0.318. The van der Waals surface area contributed by atoms with Gasteiger partial charge in [0.15, 0.2) is 5.84 Å². The van der Waals surface area contributed by atoms with Gasteiger partial charge < -0.3 is 15.7 Å². The van der Waals surface area contributed by atoms with Crippen molar-refractivity contribution in [2.75, 3.05) is 0 Å². The third kappa shape index (κ3) is 3.75. The molecule has 0 aliphatic heterocycles. The lowest BCUT2D eigenvalue weighted by atomic mass is 10.1. The minimum atomic E-state index is 0.1000. The number of nitrogens with two attached hydrogens (primary N) is 1. The molecule has 0 aromatic heterocycles. The normalized spacial score (nSPS) is 11.4. The van der Waals surface area contributed by atoms with Crippen LogP contribution in [0.5, 0.6) is 11.5 Å². The summed E-state index contributed by atoms with van der Waals surface area (Å²) < 4.78 is 5.82. The third-order valence-corrected chi connectivity index (χ3v) is 3.28. The number of benzene rings is 2. The molecule has 0 spiro atoms. The van der Waals surface area contributed by atoms with E-state index in [-0.39, 0.29) is 5.84 Å². The second kappa shape index (κ2) is 6.79. The molecular weight excluding hydrogens is 264 g/mol. The fourth-order valence-electron chi connectivity index (χ4n) is 2.19. The van der Waals surface area contributed by atoms with E-state index in [1.807, 2.05) is 25.1 Å². The molecule has 2 aromatic rings. The molecule has 0 aliphatic carbocycles. The topological polar surface area (TPSA) is 67.8 Å². The number of hydrogen-bond acceptors (Lipinski definition) is 3. The average Bonchev–Trinajstić information content (AvgIpc) is 2.49. The molecule has 2 rings (SSSR count). The van der Waals surface area contributed by atoms with Gasteiger partial charge >= 0.3 is 0 Å². The van der Waals surface area contributed by atoms with E-state index in [1.165, 1.54) is 5.56 Å². The van der Waals surface area contributed by atoms with E-state index in [4.69, 9.17) is 15.7 Å². The van der Waals surface area contributed by atoms with Crippen molar-refractivity contribution in [1.29, 1.82) is 0 Å². The van der Waals surface area contributed by atoms with Gasteiger partial charge in [-0.2, -0.15) is 0 Å². The van der Waals surface area contributed by atoms with Crippen LogP contribution in [-0.2, 0) is 6.42 Å². The Hall–Kier alpha value is -2.49. The van der Waals surface area contributed by atoms with Gasteiger partial charge in [0.05, 0.1) is 0 Å². The summed E-state index contributed by atoms with van der Waals surface area (Å²) in [6, 6.07) is 13.6. The highest BCUT2D eigenvalue weighted by Crippen LogP contribution is 2.24. The van der Waals surface area contributed by atoms with Gasteiger partial charge in [-0.25, -0.2) is 0 Å². The van der Waals surface area contributed by atoms with Crippen LogP contribution < -0.4 is 10.5 Å². The van der Waals surface area contributed by atoms with Crippen molar-refractivity contribution >= 4 is 5.84 Å². The quantitative estimate of drug-likeness (QED) is 0.379. The monoisotopic (exact) mass is 284 g/mol. The first-order valence-electron chi connectivity index (χ1n) is 6.99. The van der Waals surface area contributed by atoms with E-state index in [0.717, 1.165) is 29.9 Å². The average molecular weight is 284 g/mol. The molecule has 0 saturated carbocycles. The number of amidine groups is 1. The zero-order chi connectivity index (χ0) is 15.2. The first-order chi connectivity index (χ1) is 10.1. The van der Waals surface area contributed by atoms with Gasteiger partial charge in [0, 0.05) is 5.56 Å². The summed E-state index contributed by atoms with van der Waals surface area (Å²) in [7, 11) is 0. The minimum absolute atomic E-state index is 0.1000. The van der Waals surface area contributed by atoms with Crippen LogP contribution in [0.3, 0.4) is 0 Å². The molecule has 0 unspecified atom stereocenters. The molecule has 0 heterocycles. The zero-order valence-electron chi connectivity index (χ0n) is 12.3. The second-order valence-electron chi connectivity index (χ2n) is 4.96. The molecule has 3 N–H and O–H groups in total. The number of rotatable bonds is 5. The van der Waals surface area contributed by atoms with E-state index in [1.54, 1.807) is 12.1 Å². The number of hydrogen-bond donors (Lipinski definition) is 2. The number of aryl methyl sites for hydroxylation is 2. The van der Waals surface area contributed by atoms with E-state index in [9.17, 15) is 0 Å². The van der Waals surface area contributed by atoms with Crippen molar-refractivity contribution in [2.24, 2.45) is 10.9 Å². The molecular formula is C17H20N2O2. The summed E-state index contributed by atoms with van der Waals surface area (Å²) >= 11 is 0. The molecule has 0 saturated heterocycles. The lowest BCUT2D eigenvalue weighted by Crippen LogP contribution is -2.14. The van der Waals surface area contributed by atoms with Crippen LogP contribution in [0.15, 0.2) is 47.6 Å². The summed E-state index contributed by atoms with van der Waals surface area (Å²) in [5.41, 5.74) is 8.50. The van der Waals surface area contributed by atoms with Gasteiger partial charge in [-0.1, -0.05) is 30.6 Å². The molecule has 0 radical (unpaired) electrons. The van der Waals surface area contributed by atoms with Gasteiger partial charge in [-0.05, 0) is 54.8 Å². The molecule has 0 amide bonds. The van der Waals surface area contributed by atoms with Crippen molar-refractivity contribution in [3.05, 3.63) is 59.2 Å². The summed E-state index contributed by atoms with van der Waals surface area (Å²) in [5.74, 6) is 1.62. The van der Waals surface area contributed by atoms with Gasteiger partial charge in [0.2, 0.25) is 0 Å². The van der Waals surface area contributed by atoms with Crippen molar-refractivity contribution in [3.63, 3.8) is 0 Å². The van der Waals surface area contributed by atoms with Crippen LogP contribution in [0.4, 0.5) is 0 Å². The Balaban J connectivity index is 2.14. The van der Waals surface area contributed by atoms with Crippen LogP contribution in [0.2, 0.25) is 0 Å². The standard InChI is InChI=1S/C17H20N2O2/c1-3-4-13-5-7-14(8-6-13)21-15-9-10-16(12(2)11-15)17(18)19-20/h5-11,20H,3-4H2,1-2H3,(H2,18,19). The molecule has 4 heteroatoms. The Morgan fingerprint density at radius 1 is 1.14 bits per heavy atom. The van der Waals surface area contributed by atoms with Gasteiger partial charge in [0.25, 0.3) is 0 Å². The van der Waals surface area contributed by atoms with Crippen LogP contribution in [0.25, 0.3) is 0 Å². The second-order valence-corrected chi connectivity index (χ2v) is 4.96. The van der Waals surface area contributed by atoms with E-state index >= 15 is 0 Å². The van der Waals surface area contributed by atoms with Crippen LogP contribution in [-0.4, -0.2) is 11.0 Å². The highest BCUT2D eigenvalue weighted by Gasteiger charge is 2.06. The molecule has 21 heavy (non-hydrogen) atoms. The Morgan fingerprint density at radius 2 is 1.81 bits per heavy atom. The van der Waals surface area contributed by atoms with Crippen molar-refractivity contribution in [3.8, 4) is 11.5 Å². The summed E-state index contributed by atoms with van der Waals surface area (Å²) in [6.45, 7) is 4.06. The van der Waals surface area contributed by atoms with Crippen LogP contribution in [0.1, 0.15) is 30.0 Å². The smallest absolute Gasteiger partial charge is 0.170 e. The van der Waals surface area contributed by atoms with Crippen molar-refractivity contribution in [1.82, 2.24) is 0 Å². The first-order valence-corrected chi connectivity index (χ1v) is 6.99. The maximum Gasteiger partial charge on any atom is 0.170 e. The predicted molar refractivity (Wildman–Crippen MR) is 84.2 cm³/mol. The number of ether oxygens (including phenoxy) is 1. The fourth-order valence-corrected chi connectivity index (χ4v) is 2.19. The molecule has 0 aliphatic rings. The highest BCUT2D eigenvalue weighted by molar-refractivity contribution is 5.98. The van der Waals surface area contributed by atoms with E-state index in [2.05, 4.69) is 24.2 Å². The molecule has 4 nitrogen and oxygen atoms in total. The maximum absolute atomic E-state index is 8.72. The van der Waals surface area contributed by atoms with E-state index < -0.39 is 0 Å². The summed E-state index contributed by atoms with van der Waals surface area (Å²) in [4.78, 5) is 0. The highest BCUT2D eigenvalue weighted by atomic mass is 16.5. The Labute approximate surface area is 124 Å². The fraction of sp³-hybridized carbons (Fsp3) is 0.235. The molecule has 0 atom stereocenters. The predicted octanol–water partition coefficient (Wildman–Crippen LogP) is 3.83. The van der Waals surface area contributed by atoms with Gasteiger partial charge in [-0.3, -0.25) is 0 Å². The van der Waals surface area contributed by atoms with Gasteiger partial charge in [-0.15, -0.1) is 0 Å². The van der Waals surface area contributed by atoms with Gasteiger partial charge in [0.1, 0.15) is 11.5 Å². The van der Waals surface area contributed by atoms with Crippen LogP contribution >= 0.6 is 0 Å². The third-order valence-electron chi connectivity index (χ3n) is 3.28. The Kier molecular flexibility index (Phi) is 4.82. The minimum Gasteiger partial charge on any atom is -0.457 e. The lowest BCUT2D eigenvalue weighted by Gasteiger charge is -2.09. The summed E-state index contributed by atoms with van der Waals surface area (Å²) in [6.07, 6.45) is 2.21. The van der Waals surface area contributed by atoms with Crippen molar-refractivity contribution in [2.45, 2.75) is 26.7 Å². The molecule has 2 aromatic carbocycles. The Morgan fingerprint density at radius 3 is 2.38 bits per heavy atom. The zero-order valence-corrected chi connectivity index (χ0v) is 12.3. The van der Waals surface area contributed by atoms with Crippen molar-refractivity contribution < 1.29 is 9.94 Å².